The molecule has 3 rings (SSSR count). The van der Waals surface area contributed by atoms with Gasteiger partial charge in [-0.15, -0.1) is 0 Å². The number of nitrogens with zero attached hydrogens (tertiary/aromatic N) is 1. The van der Waals surface area contributed by atoms with Crippen molar-refractivity contribution in [3.05, 3.63) is 32.8 Å². The highest BCUT2D eigenvalue weighted by atomic mass is 79.9. The topological polar surface area (TPSA) is 51.6 Å². The van der Waals surface area contributed by atoms with Crippen LogP contribution in [-0.2, 0) is 18.0 Å². The van der Waals surface area contributed by atoms with Crippen molar-refractivity contribution in [3.63, 3.8) is 0 Å². The van der Waals surface area contributed by atoms with Gasteiger partial charge in [0.25, 0.3) is 0 Å². The Labute approximate surface area is 123 Å². The summed E-state index contributed by atoms with van der Waals surface area (Å²) in [6, 6.07) is 3.71. The molecule has 0 spiro atoms. The number of aliphatic hydroxyl groups is 1. The van der Waals surface area contributed by atoms with Gasteiger partial charge in [0.15, 0.2) is 0 Å². The predicted molar refractivity (Wildman–Crippen MR) is 75.5 cm³/mol. The monoisotopic (exact) mass is 343 g/mol. The number of fused-ring (bicyclic) bond motifs is 3. The lowest BCUT2D eigenvalue weighted by Crippen LogP contribution is -2.03. The molecule has 0 amide bonds. The van der Waals surface area contributed by atoms with E-state index in [4.69, 9.17) is 26.2 Å². The van der Waals surface area contributed by atoms with Crippen LogP contribution in [0.2, 0.25) is 5.02 Å². The molecule has 0 fully saturated rings. The number of ether oxygens (including phenoxy) is 2. The minimum atomic E-state index is -0.0465. The first-order valence-electron chi connectivity index (χ1n) is 5.83. The Bertz CT molecular complexity index is 648. The molecule has 2 heterocycles. The van der Waals surface area contributed by atoms with Crippen molar-refractivity contribution in [2.45, 2.75) is 13.2 Å². The summed E-state index contributed by atoms with van der Waals surface area (Å²) in [5.41, 5.74) is 2.89. The summed E-state index contributed by atoms with van der Waals surface area (Å²) in [5.74, 6) is 0.453. The second-order valence-electron chi connectivity index (χ2n) is 4.20. The van der Waals surface area contributed by atoms with Gasteiger partial charge in [0, 0.05) is 15.9 Å². The summed E-state index contributed by atoms with van der Waals surface area (Å²) in [6.45, 7) is 1.30. The summed E-state index contributed by atoms with van der Waals surface area (Å²) in [4.78, 5) is 4.40. The van der Waals surface area contributed by atoms with Crippen LogP contribution in [0.4, 0.5) is 0 Å². The molecule has 0 atom stereocenters. The summed E-state index contributed by atoms with van der Waals surface area (Å²) < 4.78 is 11.6. The van der Waals surface area contributed by atoms with Gasteiger partial charge in [-0.05, 0) is 33.1 Å². The van der Waals surface area contributed by atoms with Crippen molar-refractivity contribution in [2.75, 3.05) is 13.2 Å². The molecule has 0 radical (unpaired) electrons. The third kappa shape index (κ3) is 2.21. The number of halogens is 2. The highest BCUT2D eigenvalue weighted by molar-refractivity contribution is 9.10. The largest absolute Gasteiger partial charge is 0.475 e. The number of pyridine rings is 1. The van der Waals surface area contributed by atoms with E-state index in [2.05, 4.69) is 20.9 Å². The molecule has 19 heavy (non-hydrogen) atoms. The molecule has 2 aromatic rings. The SMILES string of the molecule is OCCOc1ccc2c3c(c(Br)c(Cl)c2n1)COC3. The van der Waals surface area contributed by atoms with Crippen LogP contribution in [0, 0.1) is 0 Å². The van der Waals surface area contributed by atoms with Crippen LogP contribution in [0.3, 0.4) is 0 Å². The highest BCUT2D eigenvalue weighted by Crippen LogP contribution is 2.40. The van der Waals surface area contributed by atoms with Crippen LogP contribution in [0.5, 0.6) is 5.88 Å². The zero-order valence-corrected chi connectivity index (χ0v) is 12.3. The van der Waals surface area contributed by atoms with E-state index in [1.54, 1.807) is 6.07 Å². The molecular formula is C13H11BrClNO3. The third-order valence-corrected chi connectivity index (χ3v) is 4.53. The molecule has 1 N–H and O–H groups in total. The van der Waals surface area contributed by atoms with Crippen molar-refractivity contribution in [1.29, 1.82) is 0 Å². The molecule has 1 aromatic carbocycles. The van der Waals surface area contributed by atoms with Crippen LogP contribution >= 0.6 is 27.5 Å². The maximum atomic E-state index is 8.76. The normalized spacial score (nSPS) is 13.8. The minimum Gasteiger partial charge on any atom is -0.475 e. The van der Waals surface area contributed by atoms with Gasteiger partial charge >= 0.3 is 0 Å². The van der Waals surface area contributed by atoms with Gasteiger partial charge in [-0.25, -0.2) is 4.98 Å². The molecule has 1 aliphatic heterocycles. The summed E-state index contributed by atoms with van der Waals surface area (Å²) >= 11 is 9.84. The highest BCUT2D eigenvalue weighted by Gasteiger charge is 2.22. The molecule has 0 bridgehead atoms. The van der Waals surface area contributed by atoms with Crippen LogP contribution < -0.4 is 4.74 Å². The molecular weight excluding hydrogens is 334 g/mol. The van der Waals surface area contributed by atoms with Crippen molar-refractivity contribution in [1.82, 2.24) is 4.98 Å². The van der Waals surface area contributed by atoms with E-state index in [9.17, 15) is 0 Å². The van der Waals surface area contributed by atoms with Gasteiger partial charge in [-0.2, -0.15) is 0 Å². The molecule has 0 aliphatic carbocycles. The van der Waals surface area contributed by atoms with Gasteiger partial charge in [0.05, 0.1) is 30.4 Å². The zero-order chi connectivity index (χ0) is 13.4. The van der Waals surface area contributed by atoms with Gasteiger partial charge in [0.2, 0.25) is 5.88 Å². The molecule has 0 unspecified atom stereocenters. The second kappa shape index (κ2) is 5.25. The van der Waals surface area contributed by atoms with E-state index in [0.29, 0.717) is 29.6 Å². The Morgan fingerprint density at radius 3 is 2.95 bits per heavy atom. The van der Waals surface area contributed by atoms with Crippen LogP contribution in [0.25, 0.3) is 10.9 Å². The molecule has 1 aromatic heterocycles. The van der Waals surface area contributed by atoms with E-state index in [1.807, 2.05) is 6.07 Å². The number of hydrogen-bond acceptors (Lipinski definition) is 4. The smallest absolute Gasteiger partial charge is 0.213 e. The van der Waals surface area contributed by atoms with Gasteiger partial charge in [-0.3, -0.25) is 0 Å². The zero-order valence-electron chi connectivity index (χ0n) is 9.95. The van der Waals surface area contributed by atoms with Gasteiger partial charge in [-0.1, -0.05) is 11.6 Å². The first-order valence-corrected chi connectivity index (χ1v) is 7.00. The van der Waals surface area contributed by atoms with E-state index in [-0.39, 0.29) is 13.2 Å². The molecule has 100 valence electrons. The fourth-order valence-electron chi connectivity index (χ4n) is 2.18. The van der Waals surface area contributed by atoms with Crippen molar-refractivity contribution in [2.24, 2.45) is 0 Å². The lowest BCUT2D eigenvalue weighted by molar-refractivity contribution is 0.134. The van der Waals surface area contributed by atoms with Crippen LogP contribution in [0.15, 0.2) is 16.6 Å². The number of hydrogen-bond donors (Lipinski definition) is 1. The molecule has 0 saturated heterocycles. The first-order chi connectivity index (χ1) is 9.22. The summed E-state index contributed by atoms with van der Waals surface area (Å²) in [5, 5.41) is 10.3. The first kappa shape index (κ1) is 13.1. The Balaban J connectivity index is 2.18. The number of benzene rings is 1. The maximum absolute atomic E-state index is 8.76. The van der Waals surface area contributed by atoms with Gasteiger partial charge in [0.1, 0.15) is 6.61 Å². The molecule has 6 heteroatoms. The Morgan fingerprint density at radius 1 is 1.37 bits per heavy atom. The second-order valence-corrected chi connectivity index (χ2v) is 5.37. The van der Waals surface area contributed by atoms with E-state index < -0.39 is 0 Å². The number of aromatic nitrogens is 1. The van der Waals surface area contributed by atoms with E-state index in [0.717, 1.165) is 21.0 Å². The Hall–Kier alpha value is -0.880. The number of rotatable bonds is 3. The predicted octanol–water partition coefficient (Wildman–Crippen LogP) is 3.05. The Kier molecular flexibility index (Phi) is 3.62. The Morgan fingerprint density at radius 2 is 2.16 bits per heavy atom. The average Bonchev–Trinajstić information content (AvgIpc) is 2.92. The molecule has 1 aliphatic rings. The van der Waals surface area contributed by atoms with Crippen LogP contribution in [-0.4, -0.2) is 23.3 Å². The lowest BCUT2D eigenvalue weighted by atomic mass is 10.0. The minimum absolute atomic E-state index is 0.0465. The third-order valence-electron chi connectivity index (χ3n) is 3.06. The molecule has 0 saturated carbocycles. The van der Waals surface area contributed by atoms with Gasteiger partial charge < -0.3 is 14.6 Å². The fraction of sp³-hybridized carbons (Fsp3) is 0.308. The maximum Gasteiger partial charge on any atom is 0.213 e. The van der Waals surface area contributed by atoms with Crippen LogP contribution in [0.1, 0.15) is 11.1 Å². The average molecular weight is 345 g/mol. The van der Waals surface area contributed by atoms with E-state index >= 15 is 0 Å². The van der Waals surface area contributed by atoms with Crippen molar-refractivity contribution >= 4 is 38.4 Å². The number of aliphatic hydroxyl groups excluding tert-OH is 1. The lowest BCUT2D eigenvalue weighted by Gasteiger charge is -2.10. The summed E-state index contributed by atoms with van der Waals surface area (Å²) in [7, 11) is 0. The molecule has 4 nitrogen and oxygen atoms in total. The van der Waals surface area contributed by atoms with Crippen molar-refractivity contribution in [3.8, 4) is 5.88 Å². The fourth-order valence-corrected chi connectivity index (χ4v) is 2.98. The van der Waals surface area contributed by atoms with Crippen molar-refractivity contribution < 1.29 is 14.6 Å². The quantitative estimate of drug-likeness (QED) is 0.930. The standard InChI is InChI=1S/C13H11BrClNO3/c14-11-9-6-18-5-8(9)7-1-2-10(19-4-3-17)16-13(7)12(11)15/h1-2,17H,3-6H2. The summed E-state index contributed by atoms with van der Waals surface area (Å²) in [6.07, 6.45) is 0. The van der Waals surface area contributed by atoms with E-state index in [1.165, 1.54) is 0 Å².